The molecule has 0 spiro atoms. The van der Waals surface area contributed by atoms with E-state index in [-0.39, 0.29) is 5.41 Å². The summed E-state index contributed by atoms with van der Waals surface area (Å²) in [6.45, 7) is 11.4. The van der Waals surface area contributed by atoms with Crippen LogP contribution in [-0.2, 0) is 5.41 Å². The molecule has 0 radical (unpaired) electrons. The molecule has 0 saturated carbocycles. The second kappa shape index (κ2) is 9.10. The predicted octanol–water partition coefficient (Wildman–Crippen LogP) is 5.74. The molecule has 134 valence electrons. The van der Waals surface area contributed by atoms with Crippen LogP contribution in [0.2, 0.25) is 0 Å². The standard InChI is InChI=1S/C24H28N2/c1-6-26-18-20-12-10-11-15-22(20)19(2)16-17-23(25-5)24(3,4)21-13-8-7-9-14-21/h7-18H,2,6H2,1,3-5H3/b17-16+,25-23?,26-18?. The zero-order chi connectivity index (χ0) is 19.0. The molecule has 0 aliphatic carbocycles. The van der Waals surface area contributed by atoms with E-state index in [0.717, 1.165) is 29.0 Å². The molecule has 0 atom stereocenters. The van der Waals surface area contributed by atoms with Crippen LogP contribution in [0.4, 0.5) is 0 Å². The number of hydrogen-bond acceptors (Lipinski definition) is 2. The molecule has 0 aromatic heterocycles. The molecule has 0 aliphatic heterocycles. The fourth-order valence-electron chi connectivity index (χ4n) is 2.93. The van der Waals surface area contributed by atoms with Gasteiger partial charge in [0.1, 0.15) is 0 Å². The van der Waals surface area contributed by atoms with Gasteiger partial charge in [0.15, 0.2) is 0 Å². The number of rotatable bonds is 7. The molecule has 0 bridgehead atoms. The Labute approximate surface area is 157 Å². The maximum Gasteiger partial charge on any atom is 0.0445 e. The van der Waals surface area contributed by atoms with E-state index in [9.17, 15) is 0 Å². The Morgan fingerprint density at radius 2 is 1.65 bits per heavy atom. The Hall–Kier alpha value is -2.74. The van der Waals surface area contributed by atoms with Gasteiger partial charge in [0, 0.05) is 36.5 Å². The van der Waals surface area contributed by atoms with Crippen molar-refractivity contribution in [3.05, 3.63) is 90.0 Å². The monoisotopic (exact) mass is 344 g/mol. The SMILES string of the molecule is C=C(/C=C/C(=NC)C(C)(C)c1ccccc1)c1ccccc1C=NCC. The predicted molar refractivity (Wildman–Crippen MR) is 116 cm³/mol. The fourth-order valence-corrected chi connectivity index (χ4v) is 2.93. The average molecular weight is 345 g/mol. The highest BCUT2D eigenvalue weighted by Gasteiger charge is 2.24. The Morgan fingerprint density at radius 1 is 1.00 bits per heavy atom. The van der Waals surface area contributed by atoms with E-state index in [1.165, 1.54) is 5.56 Å². The fraction of sp³-hybridized carbons (Fsp3) is 0.250. The molecule has 2 heteroatoms. The number of nitrogens with zero attached hydrogens (tertiary/aromatic N) is 2. The Kier molecular flexibility index (Phi) is 6.85. The largest absolute Gasteiger partial charge is 0.293 e. The summed E-state index contributed by atoms with van der Waals surface area (Å²) < 4.78 is 0. The van der Waals surface area contributed by atoms with Gasteiger partial charge in [0.2, 0.25) is 0 Å². The van der Waals surface area contributed by atoms with Gasteiger partial charge in [-0.05, 0) is 29.7 Å². The first-order chi connectivity index (χ1) is 12.5. The van der Waals surface area contributed by atoms with Gasteiger partial charge in [0.05, 0.1) is 0 Å². The van der Waals surface area contributed by atoms with Crippen molar-refractivity contribution in [1.29, 1.82) is 0 Å². The number of aliphatic imine (C=N–C) groups is 2. The molecule has 2 aromatic carbocycles. The highest BCUT2D eigenvalue weighted by molar-refractivity contribution is 6.04. The van der Waals surface area contributed by atoms with Crippen molar-refractivity contribution in [3.8, 4) is 0 Å². The van der Waals surface area contributed by atoms with Crippen molar-refractivity contribution in [1.82, 2.24) is 0 Å². The minimum absolute atomic E-state index is 0.171. The molecule has 0 heterocycles. The van der Waals surface area contributed by atoms with Crippen LogP contribution in [0.25, 0.3) is 5.57 Å². The van der Waals surface area contributed by atoms with Gasteiger partial charge < -0.3 is 0 Å². The normalized spacial score (nSPS) is 12.8. The highest BCUT2D eigenvalue weighted by Crippen LogP contribution is 2.26. The summed E-state index contributed by atoms with van der Waals surface area (Å²) in [4.78, 5) is 8.90. The Bertz CT molecular complexity index is 824. The number of allylic oxidation sites excluding steroid dienone is 3. The van der Waals surface area contributed by atoms with Crippen LogP contribution in [0.3, 0.4) is 0 Å². The molecule has 0 saturated heterocycles. The van der Waals surface area contributed by atoms with E-state index in [2.05, 4.69) is 72.9 Å². The average Bonchev–Trinajstić information content (AvgIpc) is 2.67. The topological polar surface area (TPSA) is 24.7 Å². The lowest BCUT2D eigenvalue weighted by Crippen LogP contribution is -2.27. The van der Waals surface area contributed by atoms with E-state index in [1.54, 1.807) is 0 Å². The second-order valence-corrected chi connectivity index (χ2v) is 6.67. The van der Waals surface area contributed by atoms with Gasteiger partial charge in [-0.2, -0.15) is 0 Å². The zero-order valence-electron chi connectivity index (χ0n) is 16.2. The summed E-state index contributed by atoms with van der Waals surface area (Å²) >= 11 is 0. The maximum atomic E-state index is 4.54. The van der Waals surface area contributed by atoms with Gasteiger partial charge in [-0.15, -0.1) is 0 Å². The van der Waals surface area contributed by atoms with Crippen molar-refractivity contribution in [2.75, 3.05) is 13.6 Å². The summed E-state index contributed by atoms with van der Waals surface area (Å²) in [5, 5.41) is 0. The molecular formula is C24H28N2. The van der Waals surface area contributed by atoms with Gasteiger partial charge in [-0.25, -0.2) is 0 Å². The Morgan fingerprint density at radius 3 is 2.31 bits per heavy atom. The van der Waals surface area contributed by atoms with Gasteiger partial charge in [-0.1, -0.05) is 81.1 Å². The molecule has 2 aromatic rings. The third kappa shape index (κ3) is 4.66. The molecule has 0 fully saturated rings. The van der Waals surface area contributed by atoms with Crippen molar-refractivity contribution in [3.63, 3.8) is 0 Å². The molecular weight excluding hydrogens is 316 g/mol. The molecule has 0 aliphatic rings. The minimum Gasteiger partial charge on any atom is -0.293 e. The third-order valence-electron chi connectivity index (χ3n) is 4.54. The molecule has 2 nitrogen and oxygen atoms in total. The summed E-state index contributed by atoms with van der Waals surface area (Å²) in [6.07, 6.45) is 6.03. The van der Waals surface area contributed by atoms with Gasteiger partial charge in [-0.3, -0.25) is 9.98 Å². The van der Waals surface area contributed by atoms with Gasteiger partial charge >= 0.3 is 0 Å². The molecule has 2 rings (SSSR count). The van der Waals surface area contributed by atoms with Crippen molar-refractivity contribution < 1.29 is 0 Å². The summed E-state index contributed by atoms with van der Waals surface area (Å²) in [7, 11) is 1.84. The summed E-state index contributed by atoms with van der Waals surface area (Å²) in [5.41, 5.74) is 5.22. The highest BCUT2D eigenvalue weighted by atomic mass is 14.7. The lowest BCUT2D eigenvalue weighted by molar-refractivity contribution is 0.719. The van der Waals surface area contributed by atoms with Crippen LogP contribution < -0.4 is 0 Å². The summed E-state index contributed by atoms with van der Waals surface area (Å²) in [5.74, 6) is 0. The second-order valence-electron chi connectivity index (χ2n) is 6.67. The molecule has 26 heavy (non-hydrogen) atoms. The summed E-state index contributed by atoms with van der Waals surface area (Å²) in [6, 6.07) is 18.6. The van der Waals surface area contributed by atoms with E-state index in [1.807, 2.05) is 44.5 Å². The lowest BCUT2D eigenvalue weighted by atomic mass is 9.79. The number of hydrogen-bond donors (Lipinski definition) is 0. The molecule has 0 amide bonds. The van der Waals surface area contributed by atoms with Crippen LogP contribution in [0, 0.1) is 0 Å². The zero-order valence-corrected chi connectivity index (χ0v) is 16.2. The first-order valence-corrected chi connectivity index (χ1v) is 8.99. The van der Waals surface area contributed by atoms with Gasteiger partial charge in [0.25, 0.3) is 0 Å². The third-order valence-corrected chi connectivity index (χ3v) is 4.54. The van der Waals surface area contributed by atoms with Crippen molar-refractivity contribution >= 4 is 17.5 Å². The van der Waals surface area contributed by atoms with E-state index in [4.69, 9.17) is 0 Å². The number of benzene rings is 2. The lowest BCUT2D eigenvalue weighted by Gasteiger charge is -2.25. The smallest absolute Gasteiger partial charge is 0.0445 e. The first-order valence-electron chi connectivity index (χ1n) is 8.99. The molecule has 0 N–H and O–H groups in total. The van der Waals surface area contributed by atoms with Crippen LogP contribution in [-0.4, -0.2) is 25.5 Å². The quantitative estimate of drug-likeness (QED) is 0.452. The van der Waals surface area contributed by atoms with E-state index >= 15 is 0 Å². The van der Waals surface area contributed by atoms with Crippen LogP contribution in [0.15, 0.2) is 83.3 Å². The van der Waals surface area contributed by atoms with E-state index < -0.39 is 0 Å². The van der Waals surface area contributed by atoms with E-state index in [0.29, 0.717) is 0 Å². The van der Waals surface area contributed by atoms with Crippen molar-refractivity contribution in [2.24, 2.45) is 9.98 Å². The van der Waals surface area contributed by atoms with Crippen molar-refractivity contribution in [2.45, 2.75) is 26.2 Å². The van der Waals surface area contributed by atoms with Crippen LogP contribution >= 0.6 is 0 Å². The molecule has 0 unspecified atom stereocenters. The Balaban J connectivity index is 2.28. The minimum atomic E-state index is -0.171. The maximum absolute atomic E-state index is 4.54. The first kappa shape index (κ1) is 19.6. The van der Waals surface area contributed by atoms with Crippen LogP contribution in [0.5, 0.6) is 0 Å². The van der Waals surface area contributed by atoms with Crippen LogP contribution in [0.1, 0.15) is 37.5 Å².